The Morgan fingerprint density at radius 1 is 1.08 bits per heavy atom. The Kier molecular flexibility index (Phi) is 2.30. The van der Waals surface area contributed by atoms with Gasteiger partial charge in [-0.15, -0.1) is 0 Å². The van der Waals surface area contributed by atoms with Crippen molar-refractivity contribution in [3.05, 3.63) is 0 Å². The van der Waals surface area contributed by atoms with E-state index in [-0.39, 0.29) is 29.6 Å². The van der Waals surface area contributed by atoms with Crippen molar-refractivity contribution in [2.24, 2.45) is 29.4 Å². The van der Waals surface area contributed by atoms with Gasteiger partial charge >= 0.3 is 0 Å². The molecule has 6 heteroatoms. The standard InChI is InChI=1S/C6H12N4O2/c1-2-3(5(11)9-7)4(2)6(12)10-8/h2-4H,7-8H2,1H3,(H,9,11)(H,10,12)/t2?,3-,4+. The predicted molar refractivity (Wildman–Crippen MR) is 40.8 cm³/mol. The second-order valence-electron chi connectivity index (χ2n) is 2.93. The molecular weight excluding hydrogens is 160 g/mol. The molecule has 6 N–H and O–H groups in total. The third kappa shape index (κ3) is 1.26. The zero-order valence-electron chi connectivity index (χ0n) is 6.70. The van der Waals surface area contributed by atoms with Crippen LogP contribution in [0.25, 0.3) is 0 Å². The molecule has 0 aromatic rings. The number of carbonyl (C=O) groups is 2. The fourth-order valence-electron chi connectivity index (χ4n) is 1.46. The number of carbonyl (C=O) groups excluding carboxylic acids is 2. The molecule has 1 rings (SSSR count). The molecule has 0 radical (unpaired) electrons. The second-order valence-corrected chi connectivity index (χ2v) is 2.93. The number of nitrogens with one attached hydrogen (secondary N) is 2. The van der Waals surface area contributed by atoms with Gasteiger partial charge < -0.3 is 0 Å². The van der Waals surface area contributed by atoms with Crippen LogP contribution < -0.4 is 22.5 Å². The fraction of sp³-hybridized carbons (Fsp3) is 0.667. The van der Waals surface area contributed by atoms with Gasteiger partial charge in [0.25, 0.3) is 0 Å². The van der Waals surface area contributed by atoms with E-state index in [9.17, 15) is 9.59 Å². The molecule has 0 saturated heterocycles. The van der Waals surface area contributed by atoms with Crippen LogP contribution in [-0.2, 0) is 9.59 Å². The lowest BCUT2D eigenvalue weighted by Gasteiger charge is -1.96. The minimum absolute atomic E-state index is 0.0251. The van der Waals surface area contributed by atoms with E-state index in [1.54, 1.807) is 6.92 Å². The highest BCUT2D eigenvalue weighted by molar-refractivity contribution is 5.92. The molecule has 0 spiro atoms. The molecule has 3 atom stereocenters. The van der Waals surface area contributed by atoms with Gasteiger partial charge in [0.15, 0.2) is 0 Å². The number of hydrogen-bond acceptors (Lipinski definition) is 4. The summed E-state index contributed by atoms with van der Waals surface area (Å²) in [5, 5.41) is 0. The second kappa shape index (κ2) is 3.08. The maximum atomic E-state index is 11.0. The van der Waals surface area contributed by atoms with E-state index in [1.807, 2.05) is 10.9 Å². The summed E-state index contributed by atoms with van der Waals surface area (Å²) >= 11 is 0. The lowest BCUT2D eigenvalue weighted by atomic mass is 10.3. The van der Waals surface area contributed by atoms with Crippen LogP contribution in [0, 0.1) is 17.8 Å². The molecule has 1 aliphatic carbocycles. The number of amides is 2. The van der Waals surface area contributed by atoms with Crippen molar-refractivity contribution >= 4 is 11.8 Å². The Bertz CT molecular complexity index is 196. The molecule has 0 bridgehead atoms. The van der Waals surface area contributed by atoms with Gasteiger partial charge in [-0.25, -0.2) is 11.7 Å². The SMILES string of the molecule is CC1[C@@H](C(=O)NN)[C@H]1C(=O)NN. The quantitative estimate of drug-likeness (QED) is 0.216. The minimum Gasteiger partial charge on any atom is -0.294 e. The van der Waals surface area contributed by atoms with Gasteiger partial charge in [0, 0.05) is 0 Å². The van der Waals surface area contributed by atoms with Crippen LogP contribution in [-0.4, -0.2) is 11.8 Å². The maximum Gasteiger partial charge on any atom is 0.238 e. The number of hydrazine groups is 2. The molecule has 0 aliphatic heterocycles. The Balaban J connectivity index is 2.53. The first-order valence-electron chi connectivity index (χ1n) is 3.64. The van der Waals surface area contributed by atoms with Crippen molar-refractivity contribution in [3.63, 3.8) is 0 Å². The van der Waals surface area contributed by atoms with E-state index < -0.39 is 0 Å². The van der Waals surface area contributed by atoms with Crippen molar-refractivity contribution in [1.82, 2.24) is 10.9 Å². The summed E-state index contributed by atoms with van der Waals surface area (Å²) in [5.41, 5.74) is 4.01. The van der Waals surface area contributed by atoms with Gasteiger partial charge in [-0.1, -0.05) is 6.92 Å². The monoisotopic (exact) mass is 172 g/mol. The van der Waals surface area contributed by atoms with Crippen LogP contribution in [0.3, 0.4) is 0 Å². The van der Waals surface area contributed by atoms with Gasteiger partial charge in [0.2, 0.25) is 11.8 Å². The van der Waals surface area contributed by atoms with Crippen LogP contribution in [0.1, 0.15) is 6.92 Å². The molecule has 1 saturated carbocycles. The average Bonchev–Trinajstić information content (AvgIpc) is 2.74. The Morgan fingerprint density at radius 3 is 1.67 bits per heavy atom. The first-order valence-corrected chi connectivity index (χ1v) is 3.64. The van der Waals surface area contributed by atoms with Crippen molar-refractivity contribution in [3.8, 4) is 0 Å². The molecular formula is C6H12N4O2. The van der Waals surface area contributed by atoms with E-state index in [0.717, 1.165) is 0 Å². The molecule has 0 aromatic carbocycles. The number of nitrogens with two attached hydrogens (primary N) is 2. The summed E-state index contributed by atoms with van der Waals surface area (Å²) in [6, 6.07) is 0. The minimum atomic E-state index is -0.321. The lowest BCUT2D eigenvalue weighted by molar-refractivity contribution is -0.127. The maximum absolute atomic E-state index is 11.0. The third-order valence-corrected chi connectivity index (χ3v) is 2.27. The molecule has 1 aliphatic rings. The molecule has 6 nitrogen and oxygen atoms in total. The first kappa shape index (κ1) is 8.95. The van der Waals surface area contributed by atoms with Crippen LogP contribution in [0.15, 0.2) is 0 Å². The van der Waals surface area contributed by atoms with Crippen molar-refractivity contribution in [2.45, 2.75) is 6.92 Å². The summed E-state index contributed by atoms with van der Waals surface area (Å²) in [5.74, 6) is 8.60. The Labute approximate surface area is 69.6 Å². The first-order chi connectivity index (χ1) is 5.63. The fourth-order valence-corrected chi connectivity index (χ4v) is 1.46. The van der Waals surface area contributed by atoms with E-state index in [4.69, 9.17) is 11.7 Å². The van der Waals surface area contributed by atoms with Gasteiger partial charge in [-0.3, -0.25) is 20.4 Å². The smallest absolute Gasteiger partial charge is 0.238 e. The van der Waals surface area contributed by atoms with Crippen LogP contribution in [0.2, 0.25) is 0 Å². The lowest BCUT2D eigenvalue weighted by Crippen LogP contribution is -2.36. The molecule has 68 valence electrons. The van der Waals surface area contributed by atoms with E-state index in [1.165, 1.54) is 0 Å². The van der Waals surface area contributed by atoms with Crippen molar-refractivity contribution in [2.75, 3.05) is 0 Å². The van der Waals surface area contributed by atoms with Gasteiger partial charge in [-0.2, -0.15) is 0 Å². The molecule has 1 unspecified atom stereocenters. The summed E-state index contributed by atoms with van der Waals surface area (Å²) in [6.07, 6.45) is 0. The van der Waals surface area contributed by atoms with Gasteiger partial charge in [0.05, 0.1) is 11.8 Å². The predicted octanol–water partition coefficient (Wildman–Crippen LogP) is -2.15. The largest absolute Gasteiger partial charge is 0.294 e. The van der Waals surface area contributed by atoms with Gasteiger partial charge in [0.1, 0.15) is 0 Å². The Hall–Kier alpha value is -1.14. The summed E-state index contributed by atoms with van der Waals surface area (Å²) < 4.78 is 0. The molecule has 12 heavy (non-hydrogen) atoms. The number of rotatable bonds is 2. The highest BCUT2D eigenvalue weighted by Gasteiger charge is 2.55. The normalized spacial score (nSPS) is 32.4. The number of hydrogen-bond donors (Lipinski definition) is 4. The molecule has 0 heterocycles. The Morgan fingerprint density at radius 2 is 1.42 bits per heavy atom. The molecule has 2 amide bonds. The van der Waals surface area contributed by atoms with Crippen molar-refractivity contribution < 1.29 is 9.59 Å². The summed E-state index contributed by atoms with van der Waals surface area (Å²) in [6.45, 7) is 1.81. The van der Waals surface area contributed by atoms with Crippen LogP contribution in [0.4, 0.5) is 0 Å². The average molecular weight is 172 g/mol. The van der Waals surface area contributed by atoms with E-state index >= 15 is 0 Å². The van der Waals surface area contributed by atoms with Crippen LogP contribution >= 0.6 is 0 Å². The molecule has 1 fully saturated rings. The van der Waals surface area contributed by atoms with E-state index in [2.05, 4.69) is 0 Å². The van der Waals surface area contributed by atoms with Crippen molar-refractivity contribution in [1.29, 1.82) is 0 Å². The summed E-state index contributed by atoms with van der Waals surface area (Å²) in [7, 11) is 0. The zero-order valence-corrected chi connectivity index (χ0v) is 6.70. The highest BCUT2D eigenvalue weighted by atomic mass is 16.2. The van der Waals surface area contributed by atoms with E-state index in [0.29, 0.717) is 0 Å². The van der Waals surface area contributed by atoms with Gasteiger partial charge in [-0.05, 0) is 5.92 Å². The highest BCUT2D eigenvalue weighted by Crippen LogP contribution is 2.45. The third-order valence-electron chi connectivity index (χ3n) is 2.27. The summed E-state index contributed by atoms with van der Waals surface area (Å²) in [4.78, 5) is 21.9. The topological polar surface area (TPSA) is 110 Å². The molecule has 0 aromatic heterocycles. The zero-order chi connectivity index (χ0) is 9.30. The van der Waals surface area contributed by atoms with Crippen LogP contribution in [0.5, 0.6) is 0 Å².